The van der Waals surface area contributed by atoms with Crippen molar-refractivity contribution < 1.29 is 9.53 Å². The normalized spacial score (nSPS) is 18.9. The summed E-state index contributed by atoms with van der Waals surface area (Å²) in [5, 5.41) is 23.7. The Bertz CT molecular complexity index is 1580. The van der Waals surface area contributed by atoms with Gasteiger partial charge in [-0.05, 0) is 49.8 Å². The maximum Gasteiger partial charge on any atom is 0.323 e. The van der Waals surface area contributed by atoms with Gasteiger partial charge in [-0.25, -0.2) is 14.8 Å². The van der Waals surface area contributed by atoms with Crippen molar-refractivity contribution in [3.8, 4) is 6.07 Å². The Morgan fingerprint density at radius 1 is 1.05 bits per heavy atom. The zero-order valence-corrected chi connectivity index (χ0v) is 23.5. The van der Waals surface area contributed by atoms with Crippen LogP contribution in [0.15, 0.2) is 54.9 Å². The molecule has 2 fully saturated rings. The van der Waals surface area contributed by atoms with E-state index in [1.807, 2.05) is 54.4 Å². The zero-order chi connectivity index (χ0) is 28.9. The van der Waals surface area contributed by atoms with Crippen LogP contribution in [-0.2, 0) is 18.3 Å². The number of ether oxygens (including phenoxy) is 1. The number of pyridine rings is 1. The molecular weight excluding hydrogens is 532 g/mol. The van der Waals surface area contributed by atoms with Gasteiger partial charge in [0, 0.05) is 25.7 Å². The summed E-state index contributed by atoms with van der Waals surface area (Å²) >= 11 is 0. The number of hydrogen-bond acceptors (Lipinski definition) is 9. The molecule has 0 spiro atoms. The summed E-state index contributed by atoms with van der Waals surface area (Å²) in [6, 6.07) is 16.0. The van der Waals surface area contributed by atoms with Crippen LogP contribution in [0.4, 0.5) is 22.4 Å². The molecule has 1 aromatic carbocycles. The van der Waals surface area contributed by atoms with Crippen LogP contribution in [0.25, 0.3) is 11.0 Å². The Balaban J connectivity index is 1.18. The van der Waals surface area contributed by atoms with Crippen molar-refractivity contribution in [1.29, 1.82) is 5.26 Å². The third-order valence-corrected chi connectivity index (χ3v) is 7.87. The molecule has 3 N–H and O–H groups in total. The average molecular weight is 567 g/mol. The minimum atomic E-state index is -0.169. The molecule has 3 aromatic heterocycles. The number of nitrogens with zero attached hydrogens (tertiary/aromatic N) is 7. The molecule has 2 amide bonds. The molecule has 216 valence electrons. The van der Waals surface area contributed by atoms with Crippen LogP contribution in [0.5, 0.6) is 0 Å². The summed E-state index contributed by atoms with van der Waals surface area (Å²) < 4.78 is 7.02. The molecule has 0 unspecified atom stereocenters. The first-order valence-electron chi connectivity index (χ1n) is 14.3. The first-order chi connectivity index (χ1) is 20.6. The number of amides is 2. The van der Waals surface area contributed by atoms with E-state index in [2.05, 4.69) is 37.1 Å². The fraction of sp³-hybridized carbons (Fsp3) is 0.400. The Morgan fingerprint density at radius 3 is 2.69 bits per heavy atom. The third kappa shape index (κ3) is 6.11. The van der Waals surface area contributed by atoms with E-state index in [9.17, 15) is 10.1 Å². The number of carbonyl (C=O) groups excluding carboxylic acids is 1. The molecule has 12 nitrogen and oxygen atoms in total. The van der Waals surface area contributed by atoms with Crippen molar-refractivity contribution in [3.63, 3.8) is 0 Å². The molecule has 12 heteroatoms. The second-order valence-corrected chi connectivity index (χ2v) is 10.8. The number of nitrogens with one attached hydrogen (secondary N) is 3. The van der Waals surface area contributed by atoms with Gasteiger partial charge in [0.05, 0.1) is 37.2 Å². The zero-order valence-electron chi connectivity index (χ0n) is 23.5. The summed E-state index contributed by atoms with van der Waals surface area (Å²) in [4.78, 5) is 29.4. The smallest absolute Gasteiger partial charge is 0.323 e. The van der Waals surface area contributed by atoms with Crippen LogP contribution >= 0.6 is 0 Å². The molecule has 0 radical (unpaired) electrons. The van der Waals surface area contributed by atoms with Gasteiger partial charge in [0.2, 0.25) is 5.95 Å². The molecule has 2 aliphatic rings. The minimum absolute atomic E-state index is 0.0353. The van der Waals surface area contributed by atoms with Crippen molar-refractivity contribution in [2.24, 2.45) is 7.05 Å². The van der Waals surface area contributed by atoms with Gasteiger partial charge in [0.1, 0.15) is 28.8 Å². The fourth-order valence-electron chi connectivity index (χ4n) is 5.50. The fourth-order valence-corrected chi connectivity index (χ4v) is 5.50. The third-order valence-electron chi connectivity index (χ3n) is 7.87. The maximum atomic E-state index is 13.7. The predicted molar refractivity (Wildman–Crippen MR) is 159 cm³/mol. The van der Waals surface area contributed by atoms with E-state index in [0.717, 1.165) is 48.7 Å². The molecule has 1 saturated heterocycles. The van der Waals surface area contributed by atoms with Gasteiger partial charge < -0.3 is 20.7 Å². The summed E-state index contributed by atoms with van der Waals surface area (Å²) in [6.45, 7) is 1.63. The van der Waals surface area contributed by atoms with E-state index in [1.54, 1.807) is 17.1 Å². The van der Waals surface area contributed by atoms with Crippen molar-refractivity contribution in [1.82, 2.24) is 30.0 Å². The highest BCUT2D eigenvalue weighted by Crippen LogP contribution is 2.29. The number of nitriles is 1. The van der Waals surface area contributed by atoms with Gasteiger partial charge in [0.25, 0.3) is 0 Å². The highest BCUT2D eigenvalue weighted by molar-refractivity contribution is 5.93. The highest BCUT2D eigenvalue weighted by atomic mass is 16.5. The number of aromatic nitrogens is 5. The topological polar surface area (TPSA) is 146 Å². The minimum Gasteiger partial charge on any atom is -0.377 e. The van der Waals surface area contributed by atoms with E-state index in [4.69, 9.17) is 9.72 Å². The van der Waals surface area contributed by atoms with Crippen LogP contribution in [0.1, 0.15) is 43.2 Å². The molecule has 2 atom stereocenters. The number of aryl methyl sites for hydroxylation is 1. The lowest BCUT2D eigenvalue weighted by molar-refractivity contribution is 0.0209. The van der Waals surface area contributed by atoms with Gasteiger partial charge in [0.15, 0.2) is 0 Å². The van der Waals surface area contributed by atoms with Crippen molar-refractivity contribution in [2.45, 2.75) is 56.8 Å². The van der Waals surface area contributed by atoms with Gasteiger partial charge in [-0.15, -0.1) is 0 Å². The van der Waals surface area contributed by atoms with Crippen LogP contribution < -0.4 is 20.9 Å². The number of urea groups is 1. The van der Waals surface area contributed by atoms with E-state index < -0.39 is 0 Å². The van der Waals surface area contributed by atoms with Gasteiger partial charge in [-0.3, -0.25) is 9.58 Å². The second kappa shape index (κ2) is 12.4. The first kappa shape index (κ1) is 27.4. The van der Waals surface area contributed by atoms with Crippen molar-refractivity contribution >= 4 is 34.6 Å². The average Bonchev–Trinajstić information content (AvgIpc) is 3.21. The summed E-state index contributed by atoms with van der Waals surface area (Å²) in [7, 11) is 1.88. The Labute approximate surface area is 244 Å². The van der Waals surface area contributed by atoms with Gasteiger partial charge in [-0.2, -0.15) is 15.3 Å². The molecule has 0 bridgehead atoms. The highest BCUT2D eigenvalue weighted by Gasteiger charge is 2.30. The number of fused-ring (bicyclic) bond motifs is 1. The molecule has 6 rings (SSSR count). The second-order valence-electron chi connectivity index (χ2n) is 10.8. The van der Waals surface area contributed by atoms with Gasteiger partial charge in [-0.1, -0.05) is 30.3 Å². The van der Waals surface area contributed by atoms with E-state index in [1.165, 1.54) is 0 Å². The molecule has 4 heterocycles. The lowest BCUT2D eigenvalue weighted by Gasteiger charge is -2.30. The number of carbonyl (C=O) groups is 1. The summed E-state index contributed by atoms with van der Waals surface area (Å²) in [5.74, 6) is 1.62. The maximum absolute atomic E-state index is 13.7. The molecule has 4 aromatic rings. The van der Waals surface area contributed by atoms with Gasteiger partial charge >= 0.3 is 6.03 Å². The summed E-state index contributed by atoms with van der Waals surface area (Å²) in [5.41, 5.74) is 3.10. The van der Waals surface area contributed by atoms with E-state index in [-0.39, 0.29) is 24.2 Å². The van der Waals surface area contributed by atoms with Crippen molar-refractivity contribution in [3.05, 3.63) is 66.0 Å². The number of anilines is 3. The monoisotopic (exact) mass is 566 g/mol. The van der Waals surface area contributed by atoms with Crippen LogP contribution in [0.3, 0.4) is 0 Å². The Kier molecular flexibility index (Phi) is 8.09. The number of rotatable bonds is 8. The van der Waals surface area contributed by atoms with E-state index in [0.29, 0.717) is 42.9 Å². The van der Waals surface area contributed by atoms with Crippen LogP contribution in [0, 0.1) is 11.3 Å². The largest absolute Gasteiger partial charge is 0.377 e. The lowest BCUT2D eigenvalue weighted by Crippen LogP contribution is -2.46. The molecule has 42 heavy (non-hydrogen) atoms. The number of benzene rings is 1. The first-order valence-corrected chi connectivity index (χ1v) is 14.3. The molecule has 1 saturated carbocycles. The SMILES string of the molecule is Cn1ncc2nc(N(C(=O)NCc3ccccc3)[C@H]3CCC[C@H](Nc4ncc(C#N)c(NC5COC5)n4)CC3)ccc21. The van der Waals surface area contributed by atoms with Crippen molar-refractivity contribution in [2.75, 3.05) is 28.7 Å². The van der Waals surface area contributed by atoms with E-state index >= 15 is 0 Å². The quantitative estimate of drug-likeness (QED) is 0.270. The lowest BCUT2D eigenvalue weighted by atomic mass is 10.1. The molecular formula is C30H34N10O2. The molecule has 1 aliphatic heterocycles. The van der Waals surface area contributed by atoms with Crippen LogP contribution in [0.2, 0.25) is 0 Å². The number of hydrogen-bond donors (Lipinski definition) is 3. The predicted octanol–water partition coefficient (Wildman–Crippen LogP) is 3.97. The van der Waals surface area contributed by atoms with Crippen LogP contribution in [-0.4, -0.2) is 62.1 Å². The summed E-state index contributed by atoms with van der Waals surface area (Å²) in [6.07, 6.45) is 7.55. The standard InChI is InChI=1S/C30H34N10O2/c1-39-26-12-13-27(37-25(26)17-34-39)40(30(41)33-15-20-6-3-2-4-7-20)24-9-5-8-22(10-11-24)36-29-32-16-21(14-31)28(38-29)35-23-18-42-19-23/h2-4,6-7,12-13,16-17,22-24H,5,8-11,15,18-19H2,1H3,(H,33,41)(H2,32,35,36,38)/t22-,24-/m0/s1. The molecule has 1 aliphatic carbocycles. The Hall–Kier alpha value is -4.76. The Morgan fingerprint density at radius 2 is 1.90 bits per heavy atom.